The number of hydrogen-bond acceptors (Lipinski definition) is 8. The third kappa shape index (κ3) is 11.8. The fraction of sp³-hybridized carbons (Fsp3) is 0.647. The zero-order chi connectivity index (χ0) is 24.1. The first-order valence-electron chi connectivity index (χ1n) is 9.34. The molecule has 0 saturated heterocycles. The van der Waals surface area contributed by atoms with Crippen LogP contribution in [0.3, 0.4) is 0 Å². The summed E-state index contributed by atoms with van der Waals surface area (Å²) in [5.74, 6) is -4.67. The third-order valence-electron chi connectivity index (χ3n) is 4.05. The predicted octanol–water partition coefficient (Wildman–Crippen LogP) is -3.23. The van der Waals surface area contributed by atoms with Crippen LogP contribution in [0.4, 0.5) is 0 Å². The van der Waals surface area contributed by atoms with Gasteiger partial charge in [-0.2, -0.15) is 11.8 Å². The first-order chi connectivity index (χ1) is 14.4. The van der Waals surface area contributed by atoms with Gasteiger partial charge in [-0.1, -0.05) is 0 Å². The van der Waals surface area contributed by atoms with Crippen LogP contribution >= 0.6 is 11.8 Å². The number of carboxylic acids is 1. The molecule has 4 unspecified atom stereocenters. The first kappa shape index (κ1) is 28.1. The van der Waals surface area contributed by atoms with Gasteiger partial charge in [-0.25, -0.2) is 4.79 Å². The lowest BCUT2D eigenvalue weighted by Crippen LogP contribution is -2.56. The van der Waals surface area contributed by atoms with Gasteiger partial charge >= 0.3 is 5.97 Å². The quantitative estimate of drug-likeness (QED) is 0.129. The van der Waals surface area contributed by atoms with Gasteiger partial charge in [-0.15, -0.1) is 0 Å². The van der Waals surface area contributed by atoms with Gasteiger partial charge in [0.15, 0.2) is 0 Å². The molecule has 0 aromatic heterocycles. The van der Waals surface area contributed by atoms with Crippen molar-refractivity contribution in [3.05, 3.63) is 0 Å². The SMILES string of the molecule is CSCCC(NC(=O)C(C)NC(=O)C(CCC(N)=O)NC(=O)C(N)CC(N)=O)C(=O)O. The zero-order valence-corrected chi connectivity index (χ0v) is 18.2. The highest BCUT2D eigenvalue weighted by Crippen LogP contribution is 2.03. The summed E-state index contributed by atoms with van der Waals surface area (Å²) in [6.07, 6.45) is 1.09. The van der Waals surface area contributed by atoms with Gasteiger partial charge in [-0.3, -0.25) is 24.0 Å². The number of carboxylic acid groups (broad SMARTS) is 1. The standard InChI is InChI=1S/C17H30N6O7S/c1-8(14(26)23-11(17(29)30)5-6-31-2)21-16(28)10(3-4-12(19)24)22-15(27)9(18)7-13(20)25/h8-11H,3-7,18H2,1-2H3,(H2,19,24)(H2,20,25)(H,21,28)(H,22,27)(H,23,26)(H,29,30). The molecule has 176 valence electrons. The number of amides is 5. The van der Waals surface area contributed by atoms with Crippen molar-refractivity contribution >= 4 is 47.3 Å². The number of thioether (sulfide) groups is 1. The Kier molecular flexibility index (Phi) is 12.9. The maximum absolute atomic E-state index is 12.5. The summed E-state index contributed by atoms with van der Waals surface area (Å²) in [6, 6.07) is -4.86. The van der Waals surface area contributed by atoms with Gasteiger partial charge in [0.1, 0.15) is 18.1 Å². The minimum atomic E-state index is -1.31. The average molecular weight is 463 g/mol. The Bertz CT molecular complexity index is 690. The van der Waals surface area contributed by atoms with Crippen LogP contribution in [0.25, 0.3) is 0 Å². The number of carbonyl (C=O) groups excluding carboxylic acids is 5. The van der Waals surface area contributed by atoms with Gasteiger partial charge in [0.25, 0.3) is 0 Å². The van der Waals surface area contributed by atoms with E-state index < -0.39 is 66.1 Å². The molecule has 0 saturated carbocycles. The van der Waals surface area contributed by atoms with E-state index in [1.54, 1.807) is 6.26 Å². The molecule has 14 heteroatoms. The number of primary amides is 2. The van der Waals surface area contributed by atoms with Crippen molar-refractivity contribution in [1.29, 1.82) is 0 Å². The smallest absolute Gasteiger partial charge is 0.326 e. The molecule has 0 aliphatic rings. The lowest BCUT2D eigenvalue weighted by molar-refractivity contribution is -0.142. The summed E-state index contributed by atoms with van der Waals surface area (Å²) in [7, 11) is 0. The van der Waals surface area contributed by atoms with Crippen LogP contribution in [0.5, 0.6) is 0 Å². The monoisotopic (exact) mass is 462 g/mol. The fourth-order valence-electron chi connectivity index (χ4n) is 2.31. The van der Waals surface area contributed by atoms with Gasteiger partial charge in [-0.05, 0) is 31.8 Å². The van der Waals surface area contributed by atoms with Crippen LogP contribution in [0.1, 0.15) is 32.6 Å². The summed E-state index contributed by atoms with van der Waals surface area (Å²) in [4.78, 5) is 70.1. The van der Waals surface area contributed by atoms with E-state index in [0.29, 0.717) is 5.75 Å². The van der Waals surface area contributed by atoms with Crippen molar-refractivity contribution in [1.82, 2.24) is 16.0 Å². The van der Waals surface area contributed by atoms with Crippen molar-refractivity contribution in [2.24, 2.45) is 17.2 Å². The zero-order valence-electron chi connectivity index (χ0n) is 17.4. The number of carbonyl (C=O) groups is 6. The number of hydrogen-bond donors (Lipinski definition) is 7. The molecule has 4 atom stereocenters. The molecule has 0 aliphatic carbocycles. The van der Waals surface area contributed by atoms with E-state index in [1.807, 2.05) is 0 Å². The molecule has 0 aromatic rings. The van der Waals surface area contributed by atoms with Crippen LogP contribution in [0.15, 0.2) is 0 Å². The Morgan fingerprint density at radius 1 is 0.871 bits per heavy atom. The molecule has 0 heterocycles. The maximum atomic E-state index is 12.5. The minimum Gasteiger partial charge on any atom is -0.480 e. The van der Waals surface area contributed by atoms with E-state index in [0.717, 1.165) is 0 Å². The number of nitrogens with two attached hydrogens (primary N) is 3. The molecule has 5 amide bonds. The second-order valence-electron chi connectivity index (χ2n) is 6.75. The van der Waals surface area contributed by atoms with Crippen LogP contribution in [-0.2, 0) is 28.8 Å². The van der Waals surface area contributed by atoms with Gasteiger partial charge in [0.05, 0.1) is 12.5 Å². The summed E-state index contributed by atoms with van der Waals surface area (Å²) in [5, 5.41) is 16.1. The predicted molar refractivity (Wildman–Crippen MR) is 112 cm³/mol. The molecule has 0 spiro atoms. The van der Waals surface area contributed by atoms with Crippen molar-refractivity contribution in [3.8, 4) is 0 Å². The van der Waals surface area contributed by atoms with E-state index in [9.17, 15) is 33.9 Å². The second kappa shape index (κ2) is 14.2. The highest BCUT2D eigenvalue weighted by molar-refractivity contribution is 7.98. The van der Waals surface area contributed by atoms with Gasteiger partial charge in [0, 0.05) is 6.42 Å². The van der Waals surface area contributed by atoms with Gasteiger partial charge in [0.2, 0.25) is 29.5 Å². The molecule has 0 fully saturated rings. The van der Waals surface area contributed by atoms with Crippen LogP contribution in [0.2, 0.25) is 0 Å². The molecule has 13 nitrogen and oxygen atoms in total. The largest absolute Gasteiger partial charge is 0.480 e. The normalized spacial score (nSPS) is 14.4. The molecule has 10 N–H and O–H groups in total. The summed E-state index contributed by atoms with van der Waals surface area (Å²) in [6.45, 7) is 1.33. The molecule has 0 bridgehead atoms. The molecule has 0 aliphatic heterocycles. The number of aliphatic carboxylic acids is 1. The highest BCUT2D eigenvalue weighted by atomic mass is 32.2. The molecular weight excluding hydrogens is 432 g/mol. The fourth-order valence-corrected chi connectivity index (χ4v) is 2.78. The lowest BCUT2D eigenvalue weighted by Gasteiger charge is -2.23. The summed E-state index contributed by atoms with van der Waals surface area (Å²) >= 11 is 1.42. The van der Waals surface area contributed by atoms with Crippen LogP contribution in [-0.4, -0.2) is 76.8 Å². The average Bonchev–Trinajstić information content (AvgIpc) is 2.66. The van der Waals surface area contributed by atoms with Crippen molar-refractivity contribution in [2.45, 2.75) is 56.8 Å². The van der Waals surface area contributed by atoms with Crippen molar-refractivity contribution in [3.63, 3.8) is 0 Å². The number of rotatable bonds is 15. The lowest BCUT2D eigenvalue weighted by atomic mass is 10.1. The van der Waals surface area contributed by atoms with E-state index in [1.165, 1.54) is 18.7 Å². The van der Waals surface area contributed by atoms with E-state index in [2.05, 4.69) is 16.0 Å². The van der Waals surface area contributed by atoms with E-state index in [-0.39, 0.29) is 19.3 Å². The summed E-state index contributed by atoms with van der Waals surface area (Å²) < 4.78 is 0. The molecule has 31 heavy (non-hydrogen) atoms. The first-order valence-corrected chi connectivity index (χ1v) is 10.7. The van der Waals surface area contributed by atoms with Gasteiger partial charge < -0.3 is 38.3 Å². The van der Waals surface area contributed by atoms with Crippen molar-refractivity contribution < 1.29 is 33.9 Å². The van der Waals surface area contributed by atoms with Crippen LogP contribution < -0.4 is 33.2 Å². The second-order valence-corrected chi connectivity index (χ2v) is 7.74. The molecule has 0 aromatic carbocycles. The maximum Gasteiger partial charge on any atom is 0.326 e. The Labute approximate surface area is 183 Å². The Morgan fingerprint density at radius 2 is 1.45 bits per heavy atom. The third-order valence-corrected chi connectivity index (χ3v) is 4.69. The Hall–Kier alpha value is -2.87. The van der Waals surface area contributed by atoms with E-state index in [4.69, 9.17) is 17.2 Å². The molecule has 0 radical (unpaired) electrons. The number of nitrogens with one attached hydrogen (secondary N) is 3. The summed E-state index contributed by atoms with van der Waals surface area (Å²) in [5.41, 5.74) is 15.6. The highest BCUT2D eigenvalue weighted by Gasteiger charge is 2.28. The Balaban J connectivity index is 5.10. The topological polar surface area (TPSA) is 237 Å². The van der Waals surface area contributed by atoms with E-state index >= 15 is 0 Å². The molecule has 0 rings (SSSR count). The Morgan fingerprint density at radius 3 is 1.94 bits per heavy atom. The molecular formula is C17H30N6O7S. The van der Waals surface area contributed by atoms with Crippen molar-refractivity contribution in [2.75, 3.05) is 12.0 Å². The minimum absolute atomic E-state index is 0.185. The van der Waals surface area contributed by atoms with Crippen LogP contribution in [0, 0.1) is 0 Å².